The van der Waals surface area contributed by atoms with Gasteiger partial charge in [0.05, 0.1) is 18.5 Å². The average Bonchev–Trinajstić information content (AvgIpc) is 2.49. The minimum absolute atomic E-state index is 0.0159. The summed E-state index contributed by atoms with van der Waals surface area (Å²) in [6, 6.07) is 5.12. The van der Waals surface area contributed by atoms with E-state index in [9.17, 15) is 10.3 Å². The van der Waals surface area contributed by atoms with Gasteiger partial charge in [-0.05, 0) is 31.7 Å². The summed E-state index contributed by atoms with van der Waals surface area (Å²) in [7, 11) is 1.49. The molecule has 0 spiro atoms. The van der Waals surface area contributed by atoms with Gasteiger partial charge < -0.3 is 9.84 Å². The van der Waals surface area contributed by atoms with Gasteiger partial charge in [0.1, 0.15) is 0 Å². The highest BCUT2D eigenvalue weighted by molar-refractivity contribution is 5.47. The molecule has 0 amide bonds. The largest absolute Gasteiger partial charge is 0.504 e. The highest BCUT2D eigenvalue weighted by atomic mass is 16.5. The molecule has 3 rings (SSSR count). The lowest BCUT2D eigenvalue weighted by molar-refractivity contribution is -0.104. The molecule has 1 atom stereocenters. The van der Waals surface area contributed by atoms with Crippen molar-refractivity contribution in [1.29, 1.82) is 0 Å². The highest BCUT2D eigenvalue weighted by Crippen LogP contribution is 2.42. The van der Waals surface area contributed by atoms with Crippen molar-refractivity contribution in [2.24, 2.45) is 10.2 Å². The minimum atomic E-state index is -0.720. The smallest absolute Gasteiger partial charge is 0.195 e. The third-order valence-electron chi connectivity index (χ3n) is 3.73. The number of methoxy groups -OCH3 is 1. The van der Waals surface area contributed by atoms with Crippen molar-refractivity contribution in [2.45, 2.75) is 31.8 Å². The Bertz CT molecular complexity index is 583. The number of rotatable bonds is 2. The third kappa shape index (κ3) is 2.02. The predicted octanol–water partition coefficient (Wildman–Crippen LogP) is 3.34. The lowest BCUT2D eigenvalue weighted by atomic mass is 9.99. The maximum Gasteiger partial charge on any atom is 0.195 e. The lowest BCUT2D eigenvalue weighted by Gasteiger charge is -2.32. The van der Waals surface area contributed by atoms with E-state index in [1.165, 1.54) is 7.11 Å². The Balaban J connectivity index is 1.97. The second-order valence-corrected chi connectivity index (χ2v) is 4.93. The predicted molar refractivity (Wildman–Crippen MR) is 71.4 cm³/mol. The van der Waals surface area contributed by atoms with E-state index in [4.69, 9.17) is 4.74 Å². The van der Waals surface area contributed by atoms with Gasteiger partial charge in [-0.2, -0.15) is 10.2 Å². The number of phenols is 1. The van der Waals surface area contributed by atoms with Crippen molar-refractivity contribution in [3.8, 4) is 11.5 Å². The maximum absolute atomic E-state index is 10.4. The molecule has 6 heteroatoms. The average molecular weight is 275 g/mol. The van der Waals surface area contributed by atoms with Crippen LogP contribution in [0.1, 0.15) is 37.4 Å². The Kier molecular flexibility index (Phi) is 3.31. The number of azo groups is 1. The summed E-state index contributed by atoms with van der Waals surface area (Å²) in [5.41, 5.74) is 2.13. The third-order valence-corrected chi connectivity index (χ3v) is 3.73. The van der Waals surface area contributed by atoms with Gasteiger partial charge in [0.25, 0.3) is 0 Å². The van der Waals surface area contributed by atoms with Gasteiger partial charge in [-0.25, -0.2) is 5.06 Å². The first-order valence-corrected chi connectivity index (χ1v) is 6.69. The molecule has 1 aliphatic heterocycles. The van der Waals surface area contributed by atoms with Crippen LogP contribution in [0, 0.1) is 0 Å². The van der Waals surface area contributed by atoms with Crippen LogP contribution in [-0.2, 0) is 0 Å². The molecule has 0 saturated carbocycles. The molecule has 1 aliphatic carbocycles. The van der Waals surface area contributed by atoms with E-state index in [1.807, 2.05) is 0 Å². The first-order valence-electron chi connectivity index (χ1n) is 6.69. The molecule has 0 radical (unpaired) electrons. The molecule has 1 aromatic rings. The van der Waals surface area contributed by atoms with E-state index >= 15 is 0 Å². The molecule has 1 heterocycles. The molecule has 1 aromatic carbocycles. The number of nitrogens with zero attached hydrogens (tertiary/aromatic N) is 3. The van der Waals surface area contributed by atoms with Crippen molar-refractivity contribution < 1.29 is 15.1 Å². The van der Waals surface area contributed by atoms with Crippen molar-refractivity contribution in [1.82, 2.24) is 5.06 Å². The SMILES string of the molecule is COc1cccc([C@@H]2N=NC3=C(CCCC3)N2O)c1O. The first kappa shape index (κ1) is 12.9. The normalized spacial score (nSPS) is 21.9. The number of allylic oxidation sites excluding steroid dienone is 2. The maximum atomic E-state index is 10.4. The van der Waals surface area contributed by atoms with Crippen LogP contribution in [-0.4, -0.2) is 22.5 Å². The van der Waals surface area contributed by atoms with Crippen LogP contribution in [0.15, 0.2) is 39.8 Å². The topological polar surface area (TPSA) is 77.7 Å². The van der Waals surface area contributed by atoms with Crippen LogP contribution in [0.5, 0.6) is 11.5 Å². The van der Waals surface area contributed by atoms with Crippen molar-refractivity contribution in [3.05, 3.63) is 35.2 Å². The van der Waals surface area contributed by atoms with Gasteiger partial charge >= 0.3 is 0 Å². The van der Waals surface area contributed by atoms with Crippen LogP contribution in [0.2, 0.25) is 0 Å². The summed E-state index contributed by atoms with van der Waals surface area (Å²) in [5.74, 6) is 0.340. The number of para-hydroxylation sites is 1. The van der Waals surface area contributed by atoms with Gasteiger partial charge in [-0.3, -0.25) is 5.21 Å². The zero-order chi connectivity index (χ0) is 14.1. The van der Waals surface area contributed by atoms with Crippen molar-refractivity contribution in [3.63, 3.8) is 0 Å². The van der Waals surface area contributed by atoms with Crippen molar-refractivity contribution >= 4 is 0 Å². The van der Waals surface area contributed by atoms with Crippen LogP contribution in [0.4, 0.5) is 0 Å². The Morgan fingerprint density at radius 2 is 2.10 bits per heavy atom. The number of hydrogen-bond acceptors (Lipinski definition) is 6. The molecular formula is C14H17N3O3. The summed E-state index contributed by atoms with van der Waals surface area (Å²) >= 11 is 0. The minimum Gasteiger partial charge on any atom is -0.504 e. The number of hydroxylamine groups is 2. The van der Waals surface area contributed by atoms with E-state index in [0.29, 0.717) is 11.3 Å². The van der Waals surface area contributed by atoms with Gasteiger partial charge in [0.2, 0.25) is 0 Å². The number of benzene rings is 1. The second kappa shape index (κ2) is 5.13. The van der Waals surface area contributed by atoms with E-state index < -0.39 is 6.17 Å². The summed E-state index contributed by atoms with van der Waals surface area (Å²) in [6.07, 6.45) is 3.00. The zero-order valence-electron chi connectivity index (χ0n) is 11.3. The number of phenolic OH excluding ortho intramolecular Hbond substituents is 1. The lowest BCUT2D eigenvalue weighted by Crippen LogP contribution is -2.28. The molecule has 0 fully saturated rings. The Morgan fingerprint density at radius 1 is 1.30 bits per heavy atom. The van der Waals surface area contributed by atoms with E-state index in [-0.39, 0.29) is 5.75 Å². The highest BCUT2D eigenvalue weighted by Gasteiger charge is 2.31. The molecule has 0 aromatic heterocycles. The molecule has 2 N–H and O–H groups in total. The zero-order valence-corrected chi connectivity index (χ0v) is 11.3. The fourth-order valence-corrected chi connectivity index (χ4v) is 2.66. The van der Waals surface area contributed by atoms with E-state index in [2.05, 4.69) is 10.2 Å². The quantitative estimate of drug-likeness (QED) is 0.867. The number of aromatic hydroxyl groups is 1. The summed E-state index contributed by atoms with van der Waals surface area (Å²) < 4.78 is 5.08. The molecule has 20 heavy (non-hydrogen) atoms. The molecule has 106 valence electrons. The molecule has 6 nitrogen and oxygen atoms in total. The molecule has 0 unspecified atom stereocenters. The summed E-state index contributed by atoms with van der Waals surface area (Å²) in [4.78, 5) is 0. The Labute approximate surface area is 117 Å². The van der Waals surface area contributed by atoms with Gasteiger partial charge in [0.15, 0.2) is 17.7 Å². The number of ether oxygens (including phenoxy) is 1. The monoisotopic (exact) mass is 275 g/mol. The summed E-state index contributed by atoms with van der Waals surface area (Å²) in [6.45, 7) is 0. The second-order valence-electron chi connectivity index (χ2n) is 4.93. The number of hydrogen-bond donors (Lipinski definition) is 2. The summed E-state index contributed by atoms with van der Waals surface area (Å²) in [5, 5.41) is 30.0. The van der Waals surface area contributed by atoms with E-state index in [0.717, 1.165) is 42.1 Å². The Morgan fingerprint density at radius 3 is 2.90 bits per heavy atom. The van der Waals surface area contributed by atoms with Crippen LogP contribution in [0.3, 0.4) is 0 Å². The molecule has 2 aliphatic rings. The Hall–Kier alpha value is -2.08. The van der Waals surface area contributed by atoms with Gasteiger partial charge in [0, 0.05) is 5.56 Å². The molecule has 0 saturated heterocycles. The van der Waals surface area contributed by atoms with Crippen LogP contribution in [0.25, 0.3) is 0 Å². The van der Waals surface area contributed by atoms with Crippen LogP contribution < -0.4 is 4.74 Å². The van der Waals surface area contributed by atoms with Crippen molar-refractivity contribution in [2.75, 3.05) is 7.11 Å². The van der Waals surface area contributed by atoms with E-state index in [1.54, 1.807) is 18.2 Å². The standard InChI is InChI=1S/C14H17N3O3/c1-20-12-8-4-5-9(13(12)18)14-16-15-10-6-2-3-7-11(10)17(14)19/h4-5,8,14,18-19H,2-3,6-7H2,1H3/t14-/m1/s1. The molecule has 0 bridgehead atoms. The fourth-order valence-electron chi connectivity index (χ4n) is 2.66. The van der Waals surface area contributed by atoms with Gasteiger partial charge in [-0.15, -0.1) is 0 Å². The van der Waals surface area contributed by atoms with Crippen LogP contribution >= 0.6 is 0 Å². The molecular weight excluding hydrogens is 258 g/mol. The first-order chi connectivity index (χ1) is 9.72. The van der Waals surface area contributed by atoms with Gasteiger partial charge in [-0.1, -0.05) is 12.1 Å². The fraction of sp³-hybridized carbons (Fsp3) is 0.429.